The summed E-state index contributed by atoms with van der Waals surface area (Å²) >= 11 is 0. The summed E-state index contributed by atoms with van der Waals surface area (Å²) in [5.41, 5.74) is 4.46. The Kier molecular flexibility index (Phi) is 5.18. The van der Waals surface area contributed by atoms with Gasteiger partial charge in [0.1, 0.15) is 0 Å². The van der Waals surface area contributed by atoms with Crippen LogP contribution in [0.3, 0.4) is 0 Å². The highest BCUT2D eigenvalue weighted by Gasteiger charge is 2.30. The highest BCUT2D eigenvalue weighted by molar-refractivity contribution is 5.73. The standard InChI is InChI=1S/C21H31N3O2/c1-16(25)23-11-12-24(15-21(26)14-23)19-7-9-22(10-8-19)20-6-5-17-3-2-4-18(17)13-20/h5-6,13,19,21,26H,2-4,7-12,14-15H2,1H3/t21-/m1/s1. The molecule has 1 aromatic carbocycles. The highest BCUT2D eigenvalue weighted by Crippen LogP contribution is 2.29. The number of carbonyl (C=O) groups is 1. The Hall–Kier alpha value is -1.59. The fourth-order valence-corrected chi connectivity index (χ4v) is 4.88. The van der Waals surface area contributed by atoms with Crippen LogP contribution in [0.25, 0.3) is 0 Å². The van der Waals surface area contributed by atoms with Gasteiger partial charge in [0, 0.05) is 57.9 Å². The topological polar surface area (TPSA) is 47.0 Å². The number of amides is 1. The third-order valence-electron chi connectivity index (χ3n) is 6.41. The molecule has 2 saturated heterocycles. The summed E-state index contributed by atoms with van der Waals surface area (Å²) in [7, 11) is 0. The van der Waals surface area contributed by atoms with Gasteiger partial charge < -0.3 is 14.9 Å². The molecule has 142 valence electrons. The van der Waals surface area contributed by atoms with Crippen LogP contribution in [0.2, 0.25) is 0 Å². The number of aliphatic hydroxyl groups excluding tert-OH is 1. The quantitative estimate of drug-likeness (QED) is 0.875. The molecule has 26 heavy (non-hydrogen) atoms. The van der Waals surface area contributed by atoms with Crippen molar-refractivity contribution < 1.29 is 9.90 Å². The zero-order valence-corrected chi connectivity index (χ0v) is 15.9. The van der Waals surface area contributed by atoms with Crippen molar-refractivity contribution in [3.8, 4) is 0 Å². The van der Waals surface area contributed by atoms with Gasteiger partial charge in [0.15, 0.2) is 0 Å². The third-order valence-corrected chi connectivity index (χ3v) is 6.41. The van der Waals surface area contributed by atoms with Gasteiger partial charge in [0.2, 0.25) is 5.91 Å². The average molecular weight is 357 g/mol. The van der Waals surface area contributed by atoms with Crippen LogP contribution < -0.4 is 4.90 Å². The van der Waals surface area contributed by atoms with Gasteiger partial charge in [-0.1, -0.05) is 6.07 Å². The van der Waals surface area contributed by atoms with Gasteiger partial charge in [0.05, 0.1) is 6.10 Å². The van der Waals surface area contributed by atoms with Crippen molar-refractivity contribution >= 4 is 11.6 Å². The normalized spacial score (nSPS) is 25.2. The summed E-state index contributed by atoms with van der Waals surface area (Å²) in [4.78, 5) is 18.4. The number of benzene rings is 1. The monoisotopic (exact) mass is 357 g/mol. The molecular weight excluding hydrogens is 326 g/mol. The summed E-state index contributed by atoms with van der Waals surface area (Å²) in [5, 5.41) is 10.3. The lowest BCUT2D eigenvalue weighted by Gasteiger charge is -2.39. The van der Waals surface area contributed by atoms with Crippen LogP contribution in [0.1, 0.15) is 37.3 Å². The van der Waals surface area contributed by atoms with E-state index in [-0.39, 0.29) is 5.91 Å². The van der Waals surface area contributed by atoms with E-state index < -0.39 is 6.10 Å². The first-order valence-corrected chi connectivity index (χ1v) is 10.1. The minimum atomic E-state index is -0.434. The lowest BCUT2D eigenvalue weighted by atomic mass is 10.0. The number of aryl methyl sites for hydroxylation is 2. The highest BCUT2D eigenvalue weighted by atomic mass is 16.3. The van der Waals surface area contributed by atoms with Crippen LogP contribution in [-0.4, -0.2) is 72.2 Å². The molecule has 3 aliphatic rings. The number of nitrogens with zero attached hydrogens (tertiary/aromatic N) is 3. The van der Waals surface area contributed by atoms with E-state index >= 15 is 0 Å². The molecule has 0 spiro atoms. The maximum atomic E-state index is 11.7. The van der Waals surface area contributed by atoms with Crippen molar-refractivity contribution in [1.29, 1.82) is 0 Å². The van der Waals surface area contributed by atoms with Gasteiger partial charge in [-0.15, -0.1) is 0 Å². The second kappa shape index (κ2) is 7.57. The summed E-state index contributed by atoms with van der Waals surface area (Å²) in [6.45, 7) is 6.51. The average Bonchev–Trinajstić information content (AvgIpc) is 3.02. The number of hydrogen-bond acceptors (Lipinski definition) is 4. The van der Waals surface area contributed by atoms with Gasteiger partial charge >= 0.3 is 0 Å². The van der Waals surface area contributed by atoms with Crippen LogP contribution >= 0.6 is 0 Å². The number of aliphatic hydroxyl groups is 1. The Bertz CT molecular complexity index is 655. The lowest BCUT2D eigenvalue weighted by Crippen LogP contribution is -2.47. The molecular formula is C21H31N3O2. The number of piperidine rings is 1. The minimum Gasteiger partial charge on any atom is -0.390 e. The number of fused-ring (bicyclic) bond motifs is 1. The Morgan fingerprint density at radius 3 is 2.58 bits per heavy atom. The smallest absolute Gasteiger partial charge is 0.219 e. The first-order chi connectivity index (χ1) is 12.6. The number of carbonyl (C=O) groups excluding carboxylic acids is 1. The molecule has 5 heteroatoms. The van der Waals surface area contributed by atoms with Crippen molar-refractivity contribution in [2.75, 3.05) is 44.2 Å². The summed E-state index contributed by atoms with van der Waals surface area (Å²) in [6, 6.07) is 7.54. The van der Waals surface area contributed by atoms with Crippen molar-refractivity contribution in [2.45, 2.75) is 51.2 Å². The van der Waals surface area contributed by atoms with Crippen LogP contribution in [0, 0.1) is 0 Å². The first-order valence-electron chi connectivity index (χ1n) is 10.1. The maximum Gasteiger partial charge on any atom is 0.219 e. The van der Waals surface area contributed by atoms with E-state index in [1.54, 1.807) is 17.4 Å². The molecule has 2 fully saturated rings. The number of anilines is 1. The van der Waals surface area contributed by atoms with E-state index in [1.165, 1.54) is 30.5 Å². The largest absolute Gasteiger partial charge is 0.390 e. The molecule has 1 atom stereocenters. The Morgan fingerprint density at radius 2 is 1.81 bits per heavy atom. The summed E-state index contributed by atoms with van der Waals surface area (Å²) in [5.74, 6) is 0.0670. The zero-order valence-electron chi connectivity index (χ0n) is 15.9. The van der Waals surface area contributed by atoms with Crippen molar-refractivity contribution in [2.24, 2.45) is 0 Å². The molecule has 0 aromatic heterocycles. The fourth-order valence-electron chi connectivity index (χ4n) is 4.88. The molecule has 1 aromatic rings. The van der Waals surface area contributed by atoms with Crippen LogP contribution in [-0.2, 0) is 17.6 Å². The van der Waals surface area contributed by atoms with Crippen molar-refractivity contribution in [3.63, 3.8) is 0 Å². The van der Waals surface area contributed by atoms with E-state index in [2.05, 4.69) is 28.0 Å². The molecule has 0 saturated carbocycles. The Morgan fingerprint density at radius 1 is 1.04 bits per heavy atom. The Balaban J connectivity index is 1.35. The molecule has 2 heterocycles. The van der Waals surface area contributed by atoms with E-state index in [1.807, 2.05) is 0 Å². The van der Waals surface area contributed by atoms with Crippen LogP contribution in [0.4, 0.5) is 5.69 Å². The first kappa shape index (κ1) is 17.8. The summed E-state index contributed by atoms with van der Waals surface area (Å²) < 4.78 is 0. The second-order valence-electron chi connectivity index (χ2n) is 8.14. The SMILES string of the molecule is CC(=O)N1CCN(C2CCN(c3ccc4c(c3)CCC4)CC2)C[C@H](O)C1. The molecule has 1 amide bonds. The molecule has 4 rings (SSSR count). The van der Waals surface area contributed by atoms with Crippen molar-refractivity contribution in [3.05, 3.63) is 29.3 Å². The van der Waals surface area contributed by atoms with E-state index in [0.717, 1.165) is 39.0 Å². The fraction of sp³-hybridized carbons (Fsp3) is 0.667. The van der Waals surface area contributed by atoms with Crippen LogP contribution in [0.15, 0.2) is 18.2 Å². The Labute approximate surface area is 156 Å². The van der Waals surface area contributed by atoms with E-state index in [4.69, 9.17) is 0 Å². The van der Waals surface area contributed by atoms with Crippen molar-refractivity contribution in [1.82, 2.24) is 9.80 Å². The molecule has 0 unspecified atom stereocenters. The maximum absolute atomic E-state index is 11.7. The minimum absolute atomic E-state index is 0.0670. The second-order valence-corrected chi connectivity index (χ2v) is 8.14. The van der Waals surface area contributed by atoms with Crippen LogP contribution in [0.5, 0.6) is 0 Å². The lowest BCUT2D eigenvalue weighted by molar-refractivity contribution is -0.129. The number of β-amino-alcohol motifs (C(OH)–C–C–N with tert-alkyl or cyclic N) is 1. The van der Waals surface area contributed by atoms with Gasteiger partial charge in [-0.3, -0.25) is 9.69 Å². The number of hydrogen-bond donors (Lipinski definition) is 1. The molecule has 0 bridgehead atoms. The van der Waals surface area contributed by atoms with Gasteiger partial charge in [-0.25, -0.2) is 0 Å². The molecule has 1 N–H and O–H groups in total. The molecule has 0 radical (unpaired) electrons. The number of rotatable bonds is 2. The summed E-state index contributed by atoms with van der Waals surface area (Å²) in [6.07, 6.45) is 5.60. The van der Waals surface area contributed by atoms with E-state index in [0.29, 0.717) is 19.1 Å². The molecule has 5 nitrogen and oxygen atoms in total. The molecule has 1 aliphatic carbocycles. The van der Waals surface area contributed by atoms with Gasteiger partial charge in [-0.05, 0) is 55.4 Å². The third kappa shape index (κ3) is 3.74. The van der Waals surface area contributed by atoms with Gasteiger partial charge in [-0.2, -0.15) is 0 Å². The van der Waals surface area contributed by atoms with Gasteiger partial charge in [0.25, 0.3) is 0 Å². The predicted octanol–water partition coefficient (Wildman–Crippen LogP) is 1.67. The molecule has 2 aliphatic heterocycles. The predicted molar refractivity (Wildman–Crippen MR) is 104 cm³/mol. The van der Waals surface area contributed by atoms with E-state index in [9.17, 15) is 9.90 Å². The zero-order chi connectivity index (χ0) is 18.1.